The van der Waals surface area contributed by atoms with Crippen LogP contribution in [0, 0.1) is 5.92 Å². The summed E-state index contributed by atoms with van der Waals surface area (Å²) >= 11 is 0. The summed E-state index contributed by atoms with van der Waals surface area (Å²) in [6.45, 7) is 10.2. The molecule has 0 bridgehead atoms. The molecule has 1 saturated heterocycles. The van der Waals surface area contributed by atoms with Crippen LogP contribution in [0.3, 0.4) is 0 Å². The molecule has 1 N–H and O–H groups in total. The largest absolute Gasteiger partial charge is 0.393 e. The Labute approximate surface area is 126 Å². The molecular weight excluding hydrogens is 266 g/mol. The number of carbonyl (C=O) groups excluding carboxylic acids is 1. The Morgan fingerprint density at radius 2 is 2.00 bits per heavy atom. The van der Waals surface area contributed by atoms with Crippen molar-refractivity contribution in [1.82, 2.24) is 14.7 Å². The topological polar surface area (TPSA) is 58.4 Å². The first kappa shape index (κ1) is 16.0. The number of aromatic nitrogens is 2. The summed E-state index contributed by atoms with van der Waals surface area (Å²) in [6.07, 6.45) is 3.35. The Hall–Kier alpha value is -1.36. The number of carbonyl (C=O) groups is 1. The monoisotopic (exact) mass is 293 g/mol. The molecule has 2 rings (SSSR count). The highest BCUT2D eigenvalue weighted by atomic mass is 16.3. The summed E-state index contributed by atoms with van der Waals surface area (Å²) < 4.78 is 1.84. The zero-order valence-corrected chi connectivity index (χ0v) is 13.5. The van der Waals surface area contributed by atoms with E-state index in [9.17, 15) is 9.90 Å². The molecule has 1 atom stereocenters. The number of hydrogen-bond acceptors (Lipinski definition) is 3. The second-order valence-corrected chi connectivity index (χ2v) is 6.31. The van der Waals surface area contributed by atoms with E-state index in [-0.39, 0.29) is 17.9 Å². The van der Waals surface area contributed by atoms with Crippen molar-refractivity contribution in [3.63, 3.8) is 0 Å². The number of nitrogens with zero attached hydrogens (tertiary/aromatic N) is 3. The summed E-state index contributed by atoms with van der Waals surface area (Å²) in [6, 6.07) is 0. The van der Waals surface area contributed by atoms with Crippen LogP contribution in [0.1, 0.15) is 62.5 Å². The van der Waals surface area contributed by atoms with Gasteiger partial charge in [-0.25, -0.2) is 0 Å². The van der Waals surface area contributed by atoms with Gasteiger partial charge in [0.2, 0.25) is 0 Å². The number of amides is 1. The van der Waals surface area contributed by atoms with Crippen LogP contribution in [0.2, 0.25) is 0 Å². The molecule has 2 heterocycles. The second kappa shape index (κ2) is 6.60. The third-order valence-corrected chi connectivity index (χ3v) is 4.40. The average Bonchev–Trinajstić information content (AvgIpc) is 2.91. The molecule has 118 valence electrons. The van der Waals surface area contributed by atoms with E-state index in [1.807, 2.05) is 29.6 Å². The molecule has 1 aliphatic rings. The van der Waals surface area contributed by atoms with Gasteiger partial charge in [-0.05, 0) is 38.5 Å². The van der Waals surface area contributed by atoms with E-state index in [0.717, 1.165) is 43.7 Å². The first-order valence-corrected chi connectivity index (χ1v) is 7.98. The smallest absolute Gasteiger partial charge is 0.257 e. The molecule has 21 heavy (non-hydrogen) atoms. The van der Waals surface area contributed by atoms with Gasteiger partial charge in [-0.2, -0.15) is 5.10 Å². The predicted molar refractivity (Wildman–Crippen MR) is 82.3 cm³/mol. The maximum atomic E-state index is 12.7. The van der Waals surface area contributed by atoms with Gasteiger partial charge in [-0.1, -0.05) is 13.8 Å². The van der Waals surface area contributed by atoms with Crippen LogP contribution in [0.5, 0.6) is 0 Å². The molecule has 1 unspecified atom stereocenters. The van der Waals surface area contributed by atoms with Crippen molar-refractivity contribution in [3.8, 4) is 0 Å². The molecule has 1 aromatic heterocycles. The molecule has 0 saturated carbocycles. The van der Waals surface area contributed by atoms with Gasteiger partial charge in [0.1, 0.15) is 0 Å². The number of aliphatic hydroxyl groups excluding tert-OH is 1. The summed E-state index contributed by atoms with van der Waals surface area (Å²) in [5.74, 6) is 0.645. The Kier molecular flexibility index (Phi) is 5.04. The first-order chi connectivity index (χ1) is 9.93. The minimum atomic E-state index is -0.281. The number of aryl methyl sites for hydroxylation is 1. The van der Waals surface area contributed by atoms with Crippen LogP contribution in [0.25, 0.3) is 0 Å². The van der Waals surface area contributed by atoms with Crippen molar-refractivity contribution in [1.29, 1.82) is 0 Å². The lowest BCUT2D eigenvalue weighted by molar-refractivity contribution is 0.0520. The zero-order chi connectivity index (χ0) is 15.6. The first-order valence-electron chi connectivity index (χ1n) is 7.98. The van der Waals surface area contributed by atoms with Crippen molar-refractivity contribution in [2.45, 2.75) is 59.1 Å². The van der Waals surface area contributed by atoms with Crippen LogP contribution in [-0.2, 0) is 6.54 Å². The lowest BCUT2D eigenvalue weighted by atomic mass is 9.92. The summed E-state index contributed by atoms with van der Waals surface area (Å²) in [5.41, 5.74) is 1.63. The third-order valence-electron chi connectivity index (χ3n) is 4.40. The lowest BCUT2D eigenvalue weighted by Crippen LogP contribution is -2.41. The van der Waals surface area contributed by atoms with Gasteiger partial charge in [-0.15, -0.1) is 0 Å². The van der Waals surface area contributed by atoms with Crippen molar-refractivity contribution in [2.24, 2.45) is 5.92 Å². The maximum absolute atomic E-state index is 12.7. The van der Waals surface area contributed by atoms with Gasteiger partial charge < -0.3 is 10.0 Å². The standard InChI is InChI=1S/C16H27N3O2/c1-5-19-10-14(15(17-19)11(2)3)16(21)18-8-6-13(7-9-18)12(4)20/h10-13,20H,5-9H2,1-4H3. The lowest BCUT2D eigenvalue weighted by Gasteiger charge is -2.33. The molecule has 0 spiro atoms. The second-order valence-electron chi connectivity index (χ2n) is 6.31. The van der Waals surface area contributed by atoms with Crippen molar-refractivity contribution in [2.75, 3.05) is 13.1 Å². The zero-order valence-electron chi connectivity index (χ0n) is 13.5. The molecule has 5 nitrogen and oxygen atoms in total. The van der Waals surface area contributed by atoms with E-state index in [1.165, 1.54) is 0 Å². The fraction of sp³-hybridized carbons (Fsp3) is 0.750. The highest BCUT2D eigenvalue weighted by molar-refractivity contribution is 5.95. The normalized spacial score (nSPS) is 18.3. The average molecular weight is 293 g/mol. The van der Waals surface area contributed by atoms with E-state index in [4.69, 9.17) is 0 Å². The van der Waals surface area contributed by atoms with Crippen LogP contribution in [0.4, 0.5) is 0 Å². The minimum Gasteiger partial charge on any atom is -0.393 e. The Morgan fingerprint density at radius 1 is 1.38 bits per heavy atom. The molecule has 1 aliphatic heterocycles. The molecule has 0 aliphatic carbocycles. The van der Waals surface area contributed by atoms with E-state index >= 15 is 0 Å². The molecule has 1 amide bonds. The Bertz CT molecular complexity index is 486. The molecule has 0 aromatic carbocycles. The van der Waals surface area contributed by atoms with Crippen molar-refractivity contribution >= 4 is 5.91 Å². The van der Waals surface area contributed by atoms with E-state index < -0.39 is 0 Å². The summed E-state index contributed by atoms with van der Waals surface area (Å²) in [7, 11) is 0. The van der Waals surface area contributed by atoms with E-state index in [1.54, 1.807) is 0 Å². The van der Waals surface area contributed by atoms with Crippen LogP contribution >= 0.6 is 0 Å². The molecular formula is C16H27N3O2. The van der Waals surface area contributed by atoms with Crippen LogP contribution < -0.4 is 0 Å². The van der Waals surface area contributed by atoms with Gasteiger partial charge in [-0.3, -0.25) is 9.48 Å². The molecule has 0 radical (unpaired) electrons. The Morgan fingerprint density at radius 3 is 2.48 bits per heavy atom. The van der Waals surface area contributed by atoms with E-state index in [2.05, 4.69) is 18.9 Å². The van der Waals surface area contributed by atoms with Crippen molar-refractivity contribution in [3.05, 3.63) is 17.5 Å². The van der Waals surface area contributed by atoms with Gasteiger partial charge >= 0.3 is 0 Å². The van der Waals surface area contributed by atoms with Gasteiger partial charge in [0.25, 0.3) is 5.91 Å². The number of hydrogen-bond donors (Lipinski definition) is 1. The maximum Gasteiger partial charge on any atom is 0.257 e. The third kappa shape index (κ3) is 3.46. The number of piperidine rings is 1. The van der Waals surface area contributed by atoms with Crippen LogP contribution in [-0.4, -0.2) is 44.9 Å². The number of aliphatic hydroxyl groups is 1. The molecule has 1 aromatic rings. The number of rotatable bonds is 4. The molecule has 1 fully saturated rings. The quantitative estimate of drug-likeness (QED) is 0.926. The highest BCUT2D eigenvalue weighted by Gasteiger charge is 2.28. The fourth-order valence-electron chi connectivity index (χ4n) is 2.94. The highest BCUT2D eigenvalue weighted by Crippen LogP contribution is 2.24. The summed E-state index contributed by atoms with van der Waals surface area (Å²) in [5, 5.41) is 14.2. The fourth-order valence-corrected chi connectivity index (χ4v) is 2.94. The minimum absolute atomic E-state index is 0.0856. The number of likely N-dealkylation sites (tertiary alicyclic amines) is 1. The van der Waals surface area contributed by atoms with Crippen LogP contribution in [0.15, 0.2) is 6.20 Å². The SMILES string of the molecule is CCn1cc(C(=O)N2CCC(C(C)O)CC2)c(C(C)C)n1. The van der Waals surface area contributed by atoms with E-state index in [0.29, 0.717) is 5.92 Å². The summed E-state index contributed by atoms with van der Waals surface area (Å²) in [4.78, 5) is 14.6. The molecule has 5 heteroatoms. The predicted octanol–water partition coefficient (Wildman–Crippen LogP) is 2.26. The van der Waals surface area contributed by atoms with Gasteiger partial charge in [0, 0.05) is 25.8 Å². The van der Waals surface area contributed by atoms with Gasteiger partial charge in [0.15, 0.2) is 0 Å². The Balaban J connectivity index is 2.12. The van der Waals surface area contributed by atoms with Gasteiger partial charge in [0.05, 0.1) is 17.4 Å². The van der Waals surface area contributed by atoms with Crippen molar-refractivity contribution < 1.29 is 9.90 Å².